The molecule has 0 bridgehead atoms. The molecule has 0 spiro atoms. The van der Waals surface area contributed by atoms with Gasteiger partial charge in [0.25, 0.3) is 5.91 Å². The number of carbonyl (C=O) groups excluding carboxylic acids is 2. The summed E-state index contributed by atoms with van der Waals surface area (Å²) >= 11 is 0. The second kappa shape index (κ2) is 10.0. The van der Waals surface area contributed by atoms with Gasteiger partial charge in [-0.25, -0.2) is 9.83 Å². The van der Waals surface area contributed by atoms with E-state index in [0.29, 0.717) is 48.2 Å². The number of pyridine rings is 2. The average molecular weight is 457 g/mol. The molecule has 1 aromatic carbocycles. The molecule has 3 aromatic rings. The van der Waals surface area contributed by atoms with Crippen molar-refractivity contribution in [2.45, 2.75) is 19.4 Å². The first-order chi connectivity index (χ1) is 16.4. The molecule has 1 N–H and O–H groups in total. The number of anilines is 2. The number of benzene rings is 1. The van der Waals surface area contributed by atoms with Gasteiger partial charge in [-0.05, 0) is 42.8 Å². The lowest BCUT2D eigenvalue weighted by molar-refractivity contribution is -0.128. The summed E-state index contributed by atoms with van der Waals surface area (Å²) in [7, 11) is 3.34. The molecule has 0 radical (unpaired) electrons. The summed E-state index contributed by atoms with van der Waals surface area (Å²) in [6.45, 7) is 8.17. The molecular formula is C25H24N6O3. The number of carbonyl (C=O) groups is 2. The molecule has 0 aliphatic carbocycles. The number of likely N-dealkylation sites (tertiary alicyclic amines) is 1. The van der Waals surface area contributed by atoms with Crippen LogP contribution in [0.1, 0.15) is 28.9 Å². The summed E-state index contributed by atoms with van der Waals surface area (Å²) in [6, 6.07) is 12.4. The molecule has 4 rings (SSSR count). The fourth-order valence-corrected chi connectivity index (χ4v) is 3.55. The minimum Gasteiger partial charge on any atom is -0.455 e. The zero-order valence-electron chi connectivity index (χ0n) is 19.0. The van der Waals surface area contributed by atoms with E-state index in [1.807, 2.05) is 23.1 Å². The van der Waals surface area contributed by atoms with Crippen molar-refractivity contribution in [1.82, 2.24) is 19.8 Å². The normalized spacial score (nSPS) is 12.9. The van der Waals surface area contributed by atoms with Crippen molar-refractivity contribution in [3.05, 3.63) is 77.5 Å². The van der Waals surface area contributed by atoms with Gasteiger partial charge in [0, 0.05) is 51.1 Å². The quantitative estimate of drug-likeness (QED) is 0.530. The second-order valence-corrected chi connectivity index (χ2v) is 8.06. The number of hydrogen-bond donors (Lipinski definition) is 1. The standard InChI is InChI=1S/C25H24N6O3/c1-26-19-7-11-23(28-14-19)29-18-6-10-22(17(13-18)16-31-12-4-5-24(31)32)34-20-8-9-21(27-15-20)25(33)30(2)3/h6-11,13-15H,4-5,12,16H2,2-3H3,(H,28,29). The molecular weight excluding hydrogens is 432 g/mol. The summed E-state index contributed by atoms with van der Waals surface area (Å²) in [5, 5.41) is 3.23. The molecule has 2 amide bonds. The van der Waals surface area contributed by atoms with Crippen LogP contribution in [0, 0.1) is 6.57 Å². The fourth-order valence-electron chi connectivity index (χ4n) is 3.55. The largest absolute Gasteiger partial charge is 0.455 e. The molecule has 0 unspecified atom stereocenters. The lowest BCUT2D eigenvalue weighted by Crippen LogP contribution is -2.24. The van der Waals surface area contributed by atoms with E-state index in [-0.39, 0.29) is 11.8 Å². The van der Waals surface area contributed by atoms with Crippen molar-refractivity contribution < 1.29 is 14.3 Å². The van der Waals surface area contributed by atoms with Gasteiger partial charge in [0.05, 0.1) is 12.8 Å². The average Bonchev–Trinajstić information content (AvgIpc) is 3.25. The molecule has 2 aromatic heterocycles. The van der Waals surface area contributed by atoms with E-state index in [1.165, 1.54) is 17.3 Å². The van der Waals surface area contributed by atoms with Crippen LogP contribution in [-0.4, -0.2) is 52.2 Å². The molecule has 9 nitrogen and oxygen atoms in total. The van der Waals surface area contributed by atoms with E-state index < -0.39 is 0 Å². The number of hydrogen-bond acceptors (Lipinski definition) is 6. The van der Waals surface area contributed by atoms with Gasteiger partial charge >= 0.3 is 0 Å². The number of aromatic nitrogens is 2. The van der Waals surface area contributed by atoms with Crippen molar-refractivity contribution in [2.75, 3.05) is 26.0 Å². The summed E-state index contributed by atoms with van der Waals surface area (Å²) in [4.78, 5) is 39.4. The van der Waals surface area contributed by atoms with Crippen LogP contribution in [0.15, 0.2) is 54.9 Å². The van der Waals surface area contributed by atoms with Crippen LogP contribution in [0.25, 0.3) is 4.85 Å². The van der Waals surface area contributed by atoms with Gasteiger partial charge in [-0.3, -0.25) is 14.6 Å². The topological polar surface area (TPSA) is 92.0 Å². The molecule has 1 fully saturated rings. The molecule has 0 atom stereocenters. The predicted octanol–water partition coefficient (Wildman–Crippen LogP) is 4.39. The molecule has 172 valence electrons. The maximum Gasteiger partial charge on any atom is 0.271 e. The van der Waals surface area contributed by atoms with Gasteiger partial charge in [0.15, 0.2) is 0 Å². The summed E-state index contributed by atoms with van der Waals surface area (Å²) in [5.41, 5.74) is 2.40. The molecule has 9 heteroatoms. The van der Waals surface area contributed by atoms with E-state index in [1.54, 1.807) is 38.4 Å². The van der Waals surface area contributed by atoms with E-state index in [0.717, 1.165) is 17.7 Å². The van der Waals surface area contributed by atoms with Crippen molar-refractivity contribution in [3.8, 4) is 11.5 Å². The maximum atomic E-state index is 12.2. The van der Waals surface area contributed by atoms with Gasteiger partial charge in [0.1, 0.15) is 23.0 Å². The first-order valence-electron chi connectivity index (χ1n) is 10.8. The maximum absolute atomic E-state index is 12.2. The van der Waals surface area contributed by atoms with E-state index in [4.69, 9.17) is 11.3 Å². The zero-order valence-corrected chi connectivity index (χ0v) is 19.0. The molecule has 1 aliphatic rings. The molecule has 1 aliphatic heterocycles. The lowest BCUT2D eigenvalue weighted by atomic mass is 10.1. The Balaban J connectivity index is 1.58. The van der Waals surface area contributed by atoms with E-state index in [2.05, 4.69) is 20.1 Å². The molecule has 34 heavy (non-hydrogen) atoms. The second-order valence-electron chi connectivity index (χ2n) is 8.06. The number of rotatable bonds is 7. The minimum absolute atomic E-state index is 0.119. The molecule has 0 saturated carbocycles. The van der Waals surface area contributed by atoms with Crippen LogP contribution >= 0.6 is 0 Å². The van der Waals surface area contributed by atoms with Crippen LogP contribution in [-0.2, 0) is 11.3 Å². The predicted molar refractivity (Wildman–Crippen MR) is 127 cm³/mol. The fraction of sp³-hybridized carbons (Fsp3) is 0.240. The Morgan fingerprint density at radius 3 is 2.65 bits per heavy atom. The Hall–Kier alpha value is -4.45. The monoisotopic (exact) mass is 456 g/mol. The van der Waals surface area contributed by atoms with E-state index >= 15 is 0 Å². The number of nitrogens with one attached hydrogen (secondary N) is 1. The SMILES string of the molecule is [C-]#[N+]c1ccc(Nc2ccc(Oc3ccc(C(=O)N(C)C)nc3)c(CN3CCCC3=O)c2)nc1. The van der Waals surface area contributed by atoms with Crippen LogP contribution in [0.4, 0.5) is 17.2 Å². The Bertz CT molecular complexity index is 1230. The minimum atomic E-state index is -0.187. The van der Waals surface area contributed by atoms with Crippen LogP contribution < -0.4 is 10.1 Å². The van der Waals surface area contributed by atoms with Gasteiger partial charge in [-0.1, -0.05) is 6.07 Å². The highest BCUT2D eigenvalue weighted by Gasteiger charge is 2.22. The van der Waals surface area contributed by atoms with Crippen molar-refractivity contribution in [1.29, 1.82) is 0 Å². The Kier molecular flexibility index (Phi) is 6.69. The number of ether oxygens (including phenoxy) is 1. The lowest BCUT2D eigenvalue weighted by Gasteiger charge is -2.19. The summed E-state index contributed by atoms with van der Waals surface area (Å²) in [6.07, 6.45) is 4.41. The Morgan fingerprint density at radius 2 is 2.03 bits per heavy atom. The first kappa shape index (κ1) is 22.7. The molecule has 3 heterocycles. The third-order valence-electron chi connectivity index (χ3n) is 5.33. The van der Waals surface area contributed by atoms with Gasteiger partial charge in [-0.15, -0.1) is 0 Å². The zero-order chi connectivity index (χ0) is 24.1. The van der Waals surface area contributed by atoms with Gasteiger partial charge < -0.3 is 19.9 Å². The third-order valence-corrected chi connectivity index (χ3v) is 5.33. The highest BCUT2D eigenvalue weighted by Crippen LogP contribution is 2.31. The van der Waals surface area contributed by atoms with Crippen LogP contribution in [0.5, 0.6) is 11.5 Å². The first-order valence-corrected chi connectivity index (χ1v) is 10.8. The van der Waals surface area contributed by atoms with Gasteiger partial charge in [-0.2, -0.15) is 0 Å². The number of nitrogens with zero attached hydrogens (tertiary/aromatic N) is 5. The van der Waals surface area contributed by atoms with Crippen molar-refractivity contribution in [2.24, 2.45) is 0 Å². The number of amides is 2. The van der Waals surface area contributed by atoms with Crippen molar-refractivity contribution in [3.63, 3.8) is 0 Å². The Labute approximate surface area is 197 Å². The molecule has 1 saturated heterocycles. The van der Waals surface area contributed by atoms with Crippen LogP contribution in [0.2, 0.25) is 0 Å². The van der Waals surface area contributed by atoms with Crippen molar-refractivity contribution >= 4 is 29.0 Å². The van der Waals surface area contributed by atoms with Crippen LogP contribution in [0.3, 0.4) is 0 Å². The third kappa shape index (κ3) is 5.30. The smallest absolute Gasteiger partial charge is 0.271 e. The van der Waals surface area contributed by atoms with E-state index in [9.17, 15) is 9.59 Å². The van der Waals surface area contributed by atoms with Gasteiger partial charge in [0.2, 0.25) is 11.6 Å². The summed E-state index contributed by atoms with van der Waals surface area (Å²) in [5.74, 6) is 1.62. The Morgan fingerprint density at radius 1 is 1.18 bits per heavy atom. The summed E-state index contributed by atoms with van der Waals surface area (Å²) < 4.78 is 6.08. The highest BCUT2D eigenvalue weighted by atomic mass is 16.5. The highest BCUT2D eigenvalue weighted by molar-refractivity contribution is 5.91.